The Hall–Kier alpha value is -1.06. The van der Waals surface area contributed by atoms with Gasteiger partial charge in [0.25, 0.3) is 0 Å². The molecule has 4 heteroatoms. The number of unbranched alkanes of at least 4 members (excludes halogenated alkanes) is 4. The molecule has 0 aliphatic carbocycles. The van der Waals surface area contributed by atoms with E-state index in [-0.39, 0.29) is 11.8 Å². The summed E-state index contributed by atoms with van der Waals surface area (Å²) in [5, 5.41) is 5.76. The minimum Gasteiger partial charge on any atom is -0.356 e. The third kappa shape index (κ3) is 21.2. The van der Waals surface area contributed by atoms with Gasteiger partial charge >= 0.3 is 0 Å². The van der Waals surface area contributed by atoms with Crippen molar-refractivity contribution in [2.24, 2.45) is 0 Å². The molecule has 0 bridgehead atoms. The minimum absolute atomic E-state index is 0.198. The summed E-state index contributed by atoms with van der Waals surface area (Å²) in [6.45, 7) is 10.1. The molecule has 0 saturated carbocycles. The van der Waals surface area contributed by atoms with Gasteiger partial charge in [-0.2, -0.15) is 0 Å². The van der Waals surface area contributed by atoms with Crippen molar-refractivity contribution in [2.75, 3.05) is 13.1 Å². The zero-order chi connectivity index (χ0) is 17.1. The lowest BCUT2D eigenvalue weighted by molar-refractivity contribution is -0.121. The Morgan fingerprint density at radius 3 is 1.23 bits per heavy atom. The van der Waals surface area contributed by atoms with Gasteiger partial charge in [-0.15, -0.1) is 0 Å². The van der Waals surface area contributed by atoms with Gasteiger partial charge in [-0.1, -0.05) is 53.4 Å². The van der Waals surface area contributed by atoms with Crippen LogP contribution in [0.5, 0.6) is 0 Å². The fraction of sp³-hybridized carbons (Fsp3) is 0.889. The summed E-state index contributed by atoms with van der Waals surface area (Å²) < 4.78 is 0. The van der Waals surface area contributed by atoms with E-state index in [1.165, 1.54) is 25.7 Å². The molecule has 0 aromatic carbocycles. The highest BCUT2D eigenvalue weighted by atomic mass is 16.2. The van der Waals surface area contributed by atoms with Crippen molar-refractivity contribution >= 4 is 11.8 Å². The van der Waals surface area contributed by atoms with Crippen molar-refractivity contribution in [3.05, 3.63) is 0 Å². The van der Waals surface area contributed by atoms with Crippen LogP contribution in [-0.4, -0.2) is 24.9 Å². The highest BCUT2D eigenvalue weighted by Crippen LogP contribution is 1.93. The maximum Gasteiger partial charge on any atom is 0.219 e. The highest BCUT2D eigenvalue weighted by Gasteiger charge is 1.96. The summed E-state index contributed by atoms with van der Waals surface area (Å²) in [6.07, 6.45) is 10.3. The normalized spacial score (nSPS) is 9.64. The first-order chi connectivity index (χ1) is 10.6. The van der Waals surface area contributed by atoms with Gasteiger partial charge in [-0.05, 0) is 25.7 Å². The van der Waals surface area contributed by atoms with Crippen LogP contribution in [0.3, 0.4) is 0 Å². The van der Waals surface area contributed by atoms with Crippen LogP contribution in [0.2, 0.25) is 0 Å². The predicted molar refractivity (Wildman–Crippen MR) is 94.9 cm³/mol. The summed E-state index contributed by atoms with van der Waals surface area (Å²) >= 11 is 0. The van der Waals surface area contributed by atoms with Gasteiger partial charge < -0.3 is 10.6 Å². The molecule has 0 heterocycles. The molecule has 0 spiro atoms. The lowest BCUT2D eigenvalue weighted by atomic mass is 10.2. The Balaban J connectivity index is 0. The summed E-state index contributed by atoms with van der Waals surface area (Å²) in [5.41, 5.74) is 0. The van der Waals surface area contributed by atoms with Crippen LogP contribution in [0, 0.1) is 0 Å². The van der Waals surface area contributed by atoms with E-state index < -0.39 is 0 Å². The van der Waals surface area contributed by atoms with Gasteiger partial charge in [0.2, 0.25) is 11.8 Å². The molecule has 0 aromatic rings. The quantitative estimate of drug-likeness (QED) is 0.531. The molecule has 0 fully saturated rings. The first-order valence-corrected chi connectivity index (χ1v) is 9.15. The molecule has 0 rings (SSSR count). The Morgan fingerprint density at radius 1 is 0.591 bits per heavy atom. The molecule has 4 nitrogen and oxygen atoms in total. The van der Waals surface area contributed by atoms with E-state index in [1.807, 2.05) is 13.8 Å². The average Bonchev–Trinajstić information content (AvgIpc) is 2.49. The molecule has 0 aromatic heterocycles. The van der Waals surface area contributed by atoms with Gasteiger partial charge in [-0.25, -0.2) is 0 Å². The number of hydrogen-bond acceptors (Lipinski definition) is 2. The molecule has 0 saturated heterocycles. The molecule has 0 aliphatic rings. The second kappa shape index (κ2) is 19.9. The molecule has 0 aliphatic heterocycles. The molecule has 2 amide bonds. The fourth-order valence-electron chi connectivity index (χ4n) is 1.84. The molecule has 132 valence electrons. The number of rotatable bonds is 12. The monoisotopic (exact) mass is 314 g/mol. The van der Waals surface area contributed by atoms with E-state index in [1.54, 1.807) is 0 Å². The van der Waals surface area contributed by atoms with Crippen molar-refractivity contribution < 1.29 is 9.59 Å². The van der Waals surface area contributed by atoms with Crippen molar-refractivity contribution in [2.45, 2.75) is 91.9 Å². The lowest BCUT2D eigenvalue weighted by Gasteiger charge is -2.02. The summed E-state index contributed by atoms with van der Waals surface area (Å²) in [6, 6.07) is 0. The summed E-state index contributed by atoms with van der Waals surface area (Å²) in [7, 11) is 0. The van der Waals surface area contributed by atoms with E-state index in [2.05, 4.69) is 24.5 Å². The van der Waals surface area contributed by atoms with E-state index in [0.29, 0.717) is 12.8 Å². The first-order valence-electron chi connectivity index (χ1n) is 9.15. The SMILES string of the molecule is CCCCCNC(=O)CCC.CCCCCNC(=O)CCC. The fourth-order valence-corrected chi connectivity index (χ4v) is 1.84. The Labute approximate surface area is 137 Å². The Morgan fingerprint density at radius 2 is 0.955 bits per heavy atom. The zero-order valence-electron chi connectivity index (χ0n) is 15.3. The molecule has 0 atom stereocenters. The second-order valence-electron chi connectivity index (χ2n) is 5.61. The van der Waals surface area contributed by atoms with Crippen LogP contribution in [0.25, 0.3) is 0 Å². The van der Waals surface area contributed by atoms with Crippen molar-refractivity contribution in [1.29, 1.82) is 0 Å². The molecule has 22 heavy (non-hydrogen) atoms. The van der Waals surface area contributed by atoms with Crippen LogP contribution in [0.4, 0.5) is 0 Å². The van der Waals surface area contributed by atoms with Crippen molar-refractivity contribution in [3.63, 3.8) is 0 Å². The first kappa shape index (κ1) is 23.2. The number of amides is 2. The van der Waals surface area contributed by atoms with E-state index in [4.69, 9.17) is 0 Å². The van der Waals surface area contributed by atoms with Gasteiger partial charge in [0.15, 0.2) is 0 Å². The largest absolute Gasteiger partial charge is 0.356 e. The number of hydrogen-bond donors (Lipinski definition) is 2. The zero-order valence-corrected chi connectivity index (χ0v) is 15.3. The number of nitrogens with one attached hydrogen (secondary N) is 2. The summed E-state index contributed by atoms with van der Waals surface area (Å²) in [5.74, 6) is 0.396. The van der Waals surface area contributed by atoms with Crippen molar-refractivity contribution in [1.82, 2.24) is 10.6 Å². The molecular formula is C18H38N2O2. The van der Waals surface area contributed by atoms with Crippen LogP contribution < -0.4 is 10.6 Å². The summed E-state index contributed by atoms with van der Waals surface area (Å²) in [4.78, 5) is 21.8. The minimum atomic E-state index is 0.198. The molecular weight excluding hydrogens is 276 g/mol. The van der Waals surface area contributed by atoms with Crippen LogP contribution in [-0.2, 0) is 9.59 Å². The van der Waals surface area contributed by atoms with E-state index in [9.17, 15) is 9.59 Å². The van der Waals surface area contributed by atoms with Gasteiger partial charge in [-0.3, -0.25) is 9.59 Å². The van der Waals surface area contributed by atoms with Crippen LogP contribution in [0.1, 0.15) is 91.9 Å². The standard InChI is InChI=1S/2C9H19NO/c2*1-3-5-6-8-10-9(11)7-4-2/h2*3-8H2,1-2H3,(H,10,11). The average molecular weight is 315 g/mol. The third-order valence-electron chi connectivity index (χ3n) is 3.16. The Kier molecular flexibility index (Phi) is 21.0. The van der Waals surface area contributed by atoms with Crippen molar-refractivity contribution in [3.8, 4) is 0 Å². The molecule has 0 unspecified atom stereocenters. The smallest absolute Gasteiger partial charge is 0.219 e. The maximum absolute atomic E-state index is 10.9. The Bertz CT molecular complexity index is 229. The molecule has 0 radical (unpaired) electrons. The number of carbonyl (C=O) groups is 2. The predicted octanol–water partition coefficient (Wildman–Crippen LogP) is 4.19. The van der Waals surface area contributed by atoms with E-state index >= 15 is 0 Å². The molecule has 2 N–H and O–H groups in total. The van der Waals surface area contributed by atoms with Gasteiger partial charge in [0.05, 0.1) is 0 Å². The highest BCUT2D eigenvalue weighted by molar-refractivity contribution is 5.76. The van der Waals surface area contributed by atoms with E-state index in [0.717, 1.165) is 38.8 Å². The van der Waals surface area contributed by atoms with Crippen LogP contribution >= 0.6 is 0 Å². The van der Waals surface area contributed by atoms with Gasteiger partial charge in [0, 0.05) is 25.9 Å². The topological polar surface area (TPSA) is 58.2 Å². The second-order valence-corrected chi connectivity index (χ2v) is 5.61. The number of carbonyl (C=O) groups excluding carboxylic acids is 2. The van der Waals surface area contributed by atoms with Crippen LogP contribution in [0.15, 0.2) is 0 Å². The van der Waals surface area contributed by atoms with Gasteiger partial charge in [0.1, 0.15) is 0 Å². The third-order valence-corrected chi connectivity index (χ3v) is 3.16. The maximum atomic E-state index is 10.9. The lowest BCUT2D eigenvalue weighted by Crippen LogP contribution is -2.23.